The maximum Gasteiger partial charge on any atom is 0.315 e. The van der Waals surface area contributed by atoms with Crippen LogP contribution in [0.15, 0.2) is 42.5 Å². The summed E-state index contributed by atoms with van der Waals surface area (Å²) in [5.41, 5.74) is 5.96. The summed E-state index contributed by atoms with van der Waals surface area (Å²) in [5.74, 6) is 0.875. The van der Waals surface area contributed by atoms with Gasteiger partial charge < -0.3 is 15.2 Å². The van der Waals surface area contributed by atoms with E-state index in [0.717, 1.165) is 0 Å². The molecular weight excluding hydrogens is 248 g/mol. The van der Waals surface area contributed by atoms with Crippen molar-refractivity contribution in [3.63, 3.8) is 0 Å². The zero-order chi connectivity index (χ0) is 13.8. The van der Waals surface area contributed by atoms with Crippen molar-refractivity contribution in [1.29, 1.82) is 0 Å². The predicted molar refractivity (Wildman–Crippen MR) is 70.6 cm³/mol. The Balaban J connectivity index is 2.40. The van der Waals surface area contributed by atoms with Crippen LogP contribution >= 0.6 is 0 Å². The highest BCUT2D eigenvalue weighted by Crippen LogP contribution is 2.36. The van der Waals surface area contributed by atoms with Crippen LogP contribution in [0.5, 0.6) is 17.2 Å². The third-order valence-electron chi connectivity index (χ3n) is 2.50. The molecule has 0 unspecified atom stereocenters. The van der Waals surface area contributed by atoms with Gasteiger partial charge in [0.15, 0.2) is 5.75 Å². The van der Waals surface area contributed by atoms with Crippen LogP contribution in [0.2, 0.25) is 0 Å². The Bertz CT molecular complexity index is 613. The number of ether oxygens (including phenoxy) is 2. The number of nitro groups is 1. The molecule has 2 N–H and O–H groups in total. The monoisotopic (exact) mass is 260 g/mol. The van der Waals surface area contributed by atoms with Crippen LogP contribution in [0.1, 0.15) is 0 Å². The van der Waals surface area contributed by atoms with Gasteiger partial charge >= 0.3 is 5.69 Å². The minimum absolute atomic E-state index is 0.115. The Labute approximate surface area is 109 Å². The summed E-state index contributed by atoms with van der Waals surface area (Å²) >= 11 is 0. The summed E-state index contributed by atoms with van der Waals surface area (Å²) in [5, 5.41) is 11.0. The fourth-order valence-electron chi connectivity index (χ4n) is 1.55. The minimum atomic E-state index is -0.531. The van der Waals surface area contributed by atoms with Gasteiger partial charge in [-0.1, -0.05) is 12.1 Å². The van der Waals surface area contributed by atoms with E-state index in [1.807, 2.05) is 0 Å². The molecule has 2 aromatic carbocycles. The van der Waals surface area contributed by atoms with Crippen molar-refractivity contribution in [3.05, 3.63) is 52.6 Å². The molecule has 0 aliphatic rings. The highest BCUT2D eigenvalue weighted by Gasteiger charge is 2.17. The second-order valence-electron chi connectivity index (χ2n) is 3.73. The Hall–Kier alpha value is -2.76. The molecule has 0 aliphatic heterocycles. The van der Waals surface area contributed by atoms with Crippen LogP contribution in [-0.4, -0.2) is 12.0 Å². The Morgan fingerprint density at radius 2 is 1.89 bits per heavy atom. The third kappa shape index (κ3) is 2.74. The average Bonchev–Trinajstić information content (AvgIpc) is 2.41. The van der Waals surface area contributed by atoms with E-state index >= 15 is 0 Å². The van der Waals surface area contributed by atoms with E-state index in [-0.39, 0.29) is 11.4 Å². The number of anilines is 1. The van der Waals surface area contributed by atoms with Crippen molar-refractivity contribution in [2.24, 2.45) is 0 Å². The minimum Gasteiger partial charge on any atom is -0.496 e. The van der Waals surface area contributed by atoms with Gasteiger partial charge in [-0.2, -0.15) is 0 Å². The molecule has 0 fully saturated rings. The van der Waals surface area contributed by atoms with Crippen molar-refractivity contribution in [2.45, 2.75) is 0 Å². The van der Waals surface area contributed by atoms with Crippen LogP contribution < -0.4 is 15.2 Å². The lowest BCUT2D eigenvalue weighted by atomic mass is 10.2. The van der Waals surface area contributed by atoms with Crippen molar-refractivity contribution in [3.8, 4) is 17.2 Å². The maximum atomic E-state index is 11.0. The summed E-state index contributed by atoms with van der Waals surface area (Å²) in [6, 6.07) is 11.2. The molecule has 19 heavy (non-hydrogen) atoms. The number of hydrogen-bond acceptors (Lipinski definition) is 5. The number of nitrogens with zero attached hydrogens (tertiary/aromatic N) is 1. The number of nitro benzene ring substituents is 1. The first-order valence-corrected chi connectivity index (χ1v) is 5.46. The lowest BCUT2D eigenvalue weighted by molar-refractivity contribution is -0.385. The SMILES string of the molecule is COc1ccc(Oc2ccccc2N)c([N+](=O)[O-])c1. The number of rotatable bonds is 4. The normalized spacial score (nSPS) is 9.95. The summed E-state index contributed by atoms with van der Waals surface area (Å²) < 4.78 is 10.4. The molecular formula is C13H12N2O4. The van der Waals surface area contributed by atoms with E-state index in [1.54, 1.807) is 30.3 Å². The molecule has 0 bridgehead atoms. The molecule has 2 aromatic rings. The number of para-hydroxylation sites is 2. The first-order valence-electron chi connectivity index (χ1n) is 5.46. The van der Waals surface area contributed by atoms with Gasteiger partial charge in [0.25, 0.3) is 0 Å². The van der Waals surface area contributed by atoms with Gasteiger partial charge in [0, 0.05) is 0 Å². The zero-order valence-electron chi connectivity index (χ0n) is 10.2. The average molecular weight is 260 g/mol. The van der Waals surface area contributed by atoms with Crippen LogP contribution in [0.25, 0.3) is 0 Å². The van der Waals surface area contributed by atoms with Gasteiger partial charge in [0.2, 0.25) is 5.75 Å². The van der Waals surface area contributed by atoms with E-state index in [1.165, 1.54) is 19.2 Å². The molecule has 0 aliphatic carbocycles. The van der Waals surface area contributed by atoms with Gasteiger partial charge in [-0.25, -0.2) is 0 Å². The first kappa shape index (κ1) is 12.7. The fourth-order valence-corrected chi connectivity index (χ4v) is 1.55. The summed E-state index contributed by atoms with van der Waals surface area (Å²) in [6.45, 7) is 0. The van der Waals surface area contributed by atoms with Crippen LogP contribution in [-0.2, 0) is 0 Å². The van der Waals surface area contributed by atoms with Gasteiger partial charge in [0.1, 0.15) is 5.75 Å². The van der Waals surface area contributed by atoms with E-state index in [0.29, 0.717) is 17.2 Å². The molecule has 0 atom stereocenters. The molecule has 6 heteroatoms. The summed E-state index contributed by atoms with van der Waals surface area (Å²) in [6.07, 6.45) is 0. The van der Waals surface area contributed by atoms with Crippen molar-refractivity contribution >= 4 is 11.4 Å². The first-order chi connectivity index (χ1) is 9.11. The Morgan fingerprint density at radius 3 is 2.53 bits per heavy atom. The van der Waals surface area contributed by atoms with Crippen molar-refractivity contribution in [2.75, 3.05) is 12.8 Å². The number of nitrogen functional groups attached to an aromatic ring is 1. The van der Waals surface area contributed by atoms with Gasteiger partial charge in [0.05, 0.1) is 23.8 Å². The van der Waals surface area contributed by atoms with Crippen LogP contribution in [0.4, 0.5) is 11.4 Å². The largest absolute Gasteiger partial charge is 0.496 e. The maximum absolute atomic E-state index is 11.0. The summed E-state index contributed by atoms with van der Waals surface area (Å²) in [4.78, 5) is 10.5. The second kappa shape index (κ2) is 5.26. The third-order valence-corrected chi connectivity index (χ3v) is 2.50. The lowest BCUT2D eigenvalue weighted by Crippen LogP contribution is -1.96. The number of benzene rings is 2. The van der Waals surface area contributed by atoms with Gasteiger partial charge in [-0.3, -0.25) is 10.1 Å². The fraction of sp³-hybridized carbons (Fsp3) is 0.0769. The highest BCUT2D eigenvalue weighted by atomic mass is 16.6. The Kier molecular flexibility index (Phi) is 3.51. The second-order valence-corrected chi connectivity index (χ2v) is 3.73. The number of methoxy groups -OCH3 is 1. The Morgan fingerprint density at radius 1 is 1.16 bits per heavy atom. The van der Waals surface area contributed by atoms with Gasteiger partial charge in [-0.05, 0) is 24.3 Å². The molecule has 0 radical (unpaired) electrons. The molecule has 0 saturated carbocycles. The molecule has 0 saturated heterocycles. The smallest absolute Gasteiger partial charge is 0.315 e. The zero-order valence-corrected chi connectivity index (χ0v) is 10.2. The highest BCUT2D eigenvalue weighted by molar-refractivity contribution is 5.57. The molecule has 2 rings (SSSR count). The molecule has 0 aromatic heterocycles. The van der Waals surface area contributed by atoms with Crippen molar-refractivity contribution in [1.82, 2.24) is 0 Å². The predicted octanol–water partition coefficient (Wildman–Crippen LogP) is 2.98. The van der Waals surface area contributed by atoms with E-state index < -0.39 is 4.92 Å². The number of nitrogens with two attached hydrogens (primary N) is 1. The van der Waals surface area contributed by atoms with Crippen LogP contribution in [0.3, 0.4) is 0 Å². The molecule has 0 amide bonds. The van der Waals surface area contributed by atoms with Gasteiger partial charge in [-0.15, -0.1) is 0 Å². The molecule has 0 heterocycles. The molecule has 6 nitrogen and oxygen atoms in total. The topological polar surface area (TPSA) is 87.6 Å². The van der Waals surface area contributed by atoms with Crippen LogP contribution in [0, 0.1) is 10.1 Å². The number of hydrogen-bond donors (Lipinski definition) is 1. The standard InChI is InChI=1S/C13H12N2O4/c1-18-9-6-7-13(11(8-9)15(16)17)19-12-5-3-2-4-10(12)14/h2-8H,14H2,1H3. The molecule has 0 spiro atoms. The summed E-state index contributed by atoms with van der Waals surface area (Å²) in [7, 11) is 1.44. The lowest BCUT2D eigenvalue weighted by Gasteiger charge is -2.09. The van der Waals surface area contributed by atoms with E-state index in [4.69, 9.17) is 15.2 Å². The van der Waals surface area contributed by atoms with E-state index in [2.05, 4.69) is 0 Å². The van der Waals surface area contributed by atoms with E-state index in [9.17, 15) is 10.1 Å². The molecule has 98 valence electrons. The van der Waals surface area contributed by atoms with Crippen molar-refractivity contribution < 1.29 is 14.4 Å². The quantitative estimate of drug-likeness (QED) is 0.518.